The van der Waals surface area contributed by atoms with Crippen molar-refractivity contribution in [2.75, 3.05) is 19.3 Å². The lowest BCUT2D eigenvalue weighted by molar-refractivity contribution is 0.0668. The van der Waals surface area contributed by atoms with Gasteiger partial charge in [-0.15, -0.1) is 24.0 Å². The fourth-order valence-corrected chi connectivity index (χ4v) is 3.53. The van der Waals surface area contributed by atoms with E-state index in [4.69, 9.17) is 0 Å². The summed E-state index contributed by atoms with van der Waals surface area (Å²) in [5.74, 6) is 2.08. The number of guanidine groups is 1. The topological polar surface area (TPSA) is 54.2 Å². The molecule has 0 radical (unpaired) electrons. The smallest absolute Gasteiger partial charge is 0.319 e. The molecule has 1 aliphatic heterocycles. The van der Waals surface area contributed by atoms with Gasteiger partial charge in [0.1, 0.15) is 5.82 Å². The number of alkyl halides is 2. The molecule has 9 heteroatoms. The molecule has 1 unspecified atom stereocenters. The SMILES string of the molecule is CN=C(NCc1nccn1C(F)F)NCC1(C)CCCS1.I. The van der Waals surface area contributed by atoms with Crippen LogP contribution in [0.2, 0.25) is 0 Å². The number of halogens is 3. The zero-order valence-corrected chi connectivity index (χ0v) is 15.8. The minimum atomic E-state index is -2.58. The van der Waals surface area contributed by atoms with Crippen molar-refractivity contribution in [3.05, 3.63) is 18.2 Å². The lowest BCUT2D eigenvalue weighted by Crippen LogP contribution is -2.43. The van der Waals surface area contributed by atoms with Gasteiger partial charge in [-0.05, 0) is 25.5 Å². The average molecular weight is 445 g/mol. The zero-order valence-electron chi connectivity index (χ0n) is 12.7. The summed E-state index contributed by atoms with van der Waals surface area (Å²) < 4.78 is 26.5. The van der Waals surface area contributed by atoms with Gasteiger partial charge in [0.2, 0.25) is 0 Å². The monoisotopic (exact) mass is 445 g/mol. The summed E-state index contributed by atoms with van der Waals surface area (Å²) in [7, 11) is 1.67. The first-order chi connectivity index (χ1) is 10.0. The molecule has 2 N–H and O–H groups in total. The van der Waals surface area contributed by atoms with Gasteiger partial charge in [-0.25, -0.2) is 4.98 Å². The van der Waals surface area contributed by atoms with Crippen LogP contribution >= 0.6 is 35.7 Å². The molecule has 0 saturated carbocycles. The predicted molar refractivity (Wildman–Crippen MR) is 97.2 cm³/mol. The van der Waals surface area contributed by atoms with Crippen LogP contribution in [0.1, 0.15) is 32.1 Å². The Morgan fingerprint density at radius 1 is 1.55 bits per heavy atom. The number of nitrogens with one attached hydrogen (secondary N) is 2. The molecule has 22 heavy (non-hydrogen) atoms. The molecule has 1 aromatic rings. The van der Waals surface area contributed by atoms with Crippen LogP contribution in [-0.4, -0.2) is 39.6 Å². The van der Waals surface area contributed by atoms with E-state index in [1.807, 2.05) is 11.8 Å². The van der Waals surface area contributed by atoms with Crippen molar-refractivity contribution >= 4 is 41.7 Å². The van der Waals surface area contributed by atoms with Crippen molar-refractivity contribution < 1.29 is 8.78 Å². The van der Waals surface area contributed by atoms with E-state index in [0.29, 0.717) is 5.96 Å². The van der Waals surface area contributed by atoms with Crippen molar-refractivity contribution in [1.82, 2.24) is 20.2 Å². The van der Waals surface area contributed by atoms with Crippen LogP contribution in [-0.2, 0) is 6.54 Å². The lowest BCUT2D eigenvalue weighted by atomic mass is 10.1. The molecule has 5 nitrogen and oxygen atoms in total. The lowest BCUT2D eigenvalue weighted by Gasteiger charge is -2.24. The van der Waals surface area contributed by atoms with Crippen molar-refractivity contribution in [3.8, 4) is 0 Å². The fraction of sp³-hybridized carbons (Fsp3) is 0.692. The number of imidazole rings is 1. The third-order valence-electron chi connectivity index (χ3n) is 3.53. The van der Waals surface area contributed by atoms with E-state index in [-0.39, 0.29) is 41.1 Å². The van der Waals surface area contributed by atoms with Crippen molar-refractivity contribution in [1.29, 1.82) is 0 Å². The van der Waals surface area contributed by atoms with Crippen LogP contribution in [0.25, 0.3) is 0 Å². The summed E-state index contributed by atoms with van der Waals surface area (Å²) in [5, 5.41) is 6.28. The number of rotatable bonds is 5. The zero-order chi connectivity index (χ0) is 15.3. The van der Waals surface area contributed by atoms with Crippen LogP contribution in [0.15, 0.2) is 17.4 Å². The van der Waals surface area contributed by atoms with Gasteiger partial charge in [0.15, 0.2) is 5.96 Å². The second-order valence-electron chi connectivity index (χ2n) is 5.21. The Morgan fingerprint density at radius 3 is 2.91 bits per heavy atom. The van der Waals surface area contributed by atoms with Crippen molar-refractivity contribution in [2.45, 2.75) is 37.6 Å². The van der Waals surface area contributed by atoms with Gasteiger partial charge in [-0.2, -0.15) is 20.5 Å². The minimum Gasteiger partial charge on any atom is -0.355 e. The maximum Gasteiger partial charge on any atom is 0.319 e. The normalized spacial score (nSPS) is 21.8. The molecule has 0 amide bonds. The second kappa shape index (κ2) is 8.90. The van der Waals surface area contributed by atoms with Crippen LogP contribution in [0.3, 0.4) is 0 Å². The Balaban J connectivity index is 0.00000242. The van der Waals surface area contributed by atoms with Gasteiger partial charge >= 0.3 is 6.55 Å². The number of nitrogens with zero attached hydrogens (tertiary/aromatic N) is 3. The van der Waals surface area contributed by atoms with E-state index >= 15 is 0 Å². The fourth-order valence-electron chi connectivity index (χ4n) is 2.29. The molecule has 2 rings (SSSR count). The highest BCUT2D eigenvalue weighted by Gasteiger charge is 2.29. The molecule has 1 aliphatic rings. The third-order valence-corrected chi connectivity index (χ3v) is 5.07. The molecular weight excluding hydrogens is 423 g/mol. The second-order valence-corrected chi connectivity index (χ2v) is 6.89. The highest BCUT2D eigenvalue weighted by Crippen LogP contribution is 2.36. The number of hydrogen-bond acceptors (Lipinski definition) is 3. The highest BCUT2D eigenvalue weighted by atomic mass is 127. The number of hydrogen-bond donors (Lipinski definition) is 2. The van der Waals surface area contributed by atoms with E-state index in [1.54, 1.807) is 7.05 Å². The van der Waals surface area contributed by atoms with E-state index < -0.39 is 6.55 Å². The van der Waals surface area contributed by atoms with Gasteiger partial charge in [0.25, 0.3) is 0 Å². The number of aromatic nitrogens is 2. The number of thioether (sulfide) groups is 1. The molecule has 2 heterocycles. The van der Waals surface area contributed by atoms with Gasteiger partial charge < -0.3 is 10.6 Å². The maximum absolute atomic E-state index is 12.7. The van der Waals surface area contributed by atoms with E-state index in [1.165, 1.54) is 31.0 Å². The quantitative estimate of drug-likeness (QED) is 0.416. The van der Waals surface area contributed by atoms with Crippen LogP contribution in [0.4, 0.5) is 8.78 Å². The molecule has 1 aromatic heterocycles. The van der Waals surface area contributed by atoms with Crippen LogP contribution < -0.4 is 10.6 Å². The van der Waals surface area contributed by atoms with Gasteiger partial charge in [-0.3, -0.25) is 9.56 Å². The molecule has 1 atom stereocenters. The first-order valence-corrected chi connectivity index (χ1v) is 7.91. The standard InChI is InChI=1S/C13H21F2N5S.HI/c1-13(4-3-7-21-13)9-19-12(16-2)18-8-10-17-5-6-20(10)11(14)15;/h5-6,11H,3-4,7-9H2,1-2H3,(H2,16,18,19);1H. The Kier molecular flexibility index (Phi) is 7.87. The van der Waals surface area contributed by atoms with Gasteiger partial charge in [0.05, 0.1) is 6.54 Å². The average Bonchev–Trinajstić information content (AvgIpc) is 3.08. The van der Waals surface area contributed by atoms with Crippen LogP contribution in [0, 0.1) is 0 Å². The number of aliphatic imine (C=N–C) groups is 1. The highest BCUT2D eigenvalue weighted by molar-refractivity contribution is 14.0. The van der Waals surface area contributed by atoms with Crippen molar-refractivity contribution in [3.63, 3.8) is 0 Å². The predicted octanol–water partition coefficient (Wildman–Crippen LogP) is 2.85. The Labute approximate surface area is 150 Å². The minimum absolute atomic E-state index is 0. The Bertz CT molecular complexity index is 489. The Hall–Kier alpha value is -0.580. The first kappa shape index (κ1) is 19.5. The summed E-state index contributed by atoms with van der Waals surface area (Å²) >= 11 is 1.96. The van der Waals surface area contributed by atoms with E-state index in [0.717, 1.165) is 11.1 Å². The first-order valence-electron chi connectivity index (χ1n) is 6.92. The van der Waals surface area contributed by atoms with Crippen LogP contribution in [0.5, 0.6) is 0 Å². The molecule has 0 aromatic carbocycles. The molecule has 0 aliphatic carbocycles. The summed E-state index contributed by atoms with van der Waals surface area (Å²) in [6, 6.07) is 0. The largest absolute Gasteiger partial charge is 0.355 e. The summed E-state index contributed by atoms with van der Waals surface area (Å²) in [6.45, 7) is 0.670. The molecule has 0 spiro atoms. The Morgan fingerprint density at radius 2 is 2.32 bits per heavy atom. The van der Waals surface area contributed by atoms with E-state index in [2.05, 4.69) is 27.5 Å². The summed E-state index contributed by atoms with van der Waals surface area (Å²) in [5.41, 5.74) is 0. The van der Waals surface area contributed by atoms with Crippen molar-refractivity contribution in [2.24, 2.45) is 4.99 Å². The van der Waals surface area contributed by atoms with Gasteiger partial charge in [0, 0.05) is 30.7 Å². The summed E-state index contributed by atoms with van der Waals surface area (Å²) in [6.07, 6.45) is 5.06. The summed E-state index contributed by atoms with van der Waals surface area (Å²) in [4.78, 5) is 8.04. The molecule has 126 valence electrons. The maximum atomic E-state index is 12.7. The molecule has 1 fully saturated rings. The van der Waals surface area contributed by atoms with E-state index in [9.17, 15) is 8.78 Å². The van der Waals surface area contributed by atoms with Gasteiger partial charge in [-0.1, -0.05) is 0 Å². The molecule has 1 saturated heterocycles. The third kappa shape index (κ3) is 5.25. The molecular formula is C13H22F2IN5S. The molecule has 0 bridgehead atoms.